The number of halogens is 3. The largest absolute Gasteiger partial charge is 0.433 e. The van der Waals surface area contributed by atoms with Gasteiger partial charge in [-0.3, -0.25) is 4.79 Å². The first kappa shape index (κ1) is 27.3. The van der Waals surface area contributed by atoms with Gasteiger partial charge in [-0.2, -0.15) is 13.2 Å². The van der Waals surface area contributed by atoms with Gasteiger partial charge in [0.15, 0.2) is 0 Å². The summed E-state index contributed by atoms with van der Waals surface area (Å²) in [6.45, 7) is 6.67. The molecule has 1 amide bonds. The van der Waals surface area contributed by atoms with E-state index in [-0.39, 0.29) is 5.69 Å². The molecule has 1 aromatic carbocycles. The normalized spacial score (nSPS) is 16.8. The number of fused-ring (bicyclic) bond motifs is 1. The number of pyridine rings is 1. The molecule has 200 valence electrons. The Morgan fingerprint density at radius 3 is 2.49 bits per heavy atom. The molecule has 1 N–H and O–H groups in total. The smallest absolute Gasteiger partial charge is 0.378 e. The SMILES string of the molecule is CCC.O=C(Nc1cc2sc(C3CCCCC3)nc2cc1N1CCOCC1)c1cccc(C(F)(F)F)n1. The summed E-state index contributed by atoms with van der Waals surface area (Å²) >= 11 is 1.63. The number of alkyl halides is 3. The number of anilines is 2. The highest BCUT2D eigenvalue weighted by atomic mass is 32.1. The topological polar surface area (TPSA) is 67.4 Å². The van der Waals surface area contributed by atoms with Crippen molar-refractivity contribution in [3.8, 4) is 0 Å². The molecule has 0 atom stereocenters. The van der Waals surface area contributed by atoms with Crippen molar-refractivity contribution in [2.45, 2.75) is 64.5 Å². The maximum absolute atomic E-state index is 13.1. The van der Waals surface area contributed by atoms with E-state index in [2.05, 4.69) is 29.0 Å². The van der Waals surface area contributed by atoms with Gasteiger partial charge in [0, 0.05) is 19.0 Å². The summed E-state index contributed by atoms with van der Waals surface area (Å²) in [6.07, 6.45) is 2.60. The molecule has 37 heavy (non-hydrogen) atoms. The predicted octanol–water partition coefficient (Wildman–Crippen LogP) is 7.26. The van der Waals surface area contributed by atoms with Crippen LogP contribution in [-0.2, 0) is 10.9 Å². The number of nitrogens with zero attached hydrogens (tertiary/aromatic N) is 3. The van der Waals surface area contributed by atoms with Crippen LogP contribution in [0.25, 0.3) is 10.2 Å². The van der Waals surface area contributed by atoms with Crippen LogP contribution in [-0.4, -0.2) is 42.2 Å². The number of benzene rings is 1. The van der Waals surface area contributed by atoms with Crippen LogP contribution in [0.15, 0.2) is 30.3 Å². The first-order valence-corrected chi connectivity index (χ1v) is 13.7. The molecule has 1 saturated carbocycles. The van der Waals surface area contributed by atoms with E-state index in [1.54, 1.807) is 11.3 Å². The molecule has 2 aromatic heterocycles. The van der Waals surface area contributed by atoms with Gasteiger partial charge < -0.3 is 15.0 Å². The lowest BCUT2D eigenvalue weighted by Gasteiger charge is -2.30. The third-order valence-corrected chi connectivity index (χ3v) is 7.53. The number of ether oxygens (including phenoxy) is 1. The number of hydrogen-bond acceptors (Lipinski definition) is 6. The Kier molecular flexibility index (Phi) is 9.02. The molecule has 1 saturated heterocycles. The van der Waals surface area contributed by atoms with Crippen LogP contribution in [0.1, 0.15) is 79.5 Å². The first-order valence-electron chi connectivity index (χ1n) is 12.9. The van der Waals surface area contributed by atoms with Crippen molar-refractivity contribution < 1.29 is 22.7 Å². The van der Waals surface area contributed by atoms with Gasteiger partial charge in [0.05, 0.1) is 39.8 Å². The molecule has 0 radical (unpaired) electrons. The van der Waals surface area contributed by atoms with Gasteiger partial charge in [-0.15, -0.1) is 11.3 Å². The molecular formula is C27H33F3N4O2S. The van der Waals surface area contributed by atoms with Gasteiger partial charge in [-0.1, -0.05) is 45.6 Å². The lowest BCUT2D eigenvalue weighted by atomic mass is 9.90. The zero-order valence-corrected chi connectivity index (χ0v) is 22.1. The minimum atomic E-state index is -4.62. The standard InChI is InChI=1S/C24H25F3N4O2S.C3H8/c25-24(26,27)21-8-4-7-16(28-21)22(32)29-17-14-20-18(13-19(17)31-9-11-33-12-10-31)30-23(34-20)15-5-2-1-3-6-15;1-3-2/h4,7-8,13-15H,1-3,5-6,9-12H2,(H,29,32);3H2,1-2H3. The van der Waals surface area contributed by atoms with Crippen LogP contribution in [0.4, 0.5) is 24.5 Å². The molecule has 3 aromatic rings. The fraction of sp³-hybridized carbons (Fsp3) is 0.519. The Labute approximate surface area is 219 Å². The molecule has 1 aliphatic heterocycles. The summed E-state index contributed by atoms with van der Waals surface area (Å²) in [4.78, 5) is 23.5. The van der Waals surface area contributed by atoms with Crippen molar-refractivity contribution in [3.05, 3.63) is 46.7 Å². The van der Waals surface area contributed by atoms with E-state index in [1.165, 1.54) is 37.8 Å². The van der Waals surface area contributed by atoms with Crippen molar-refractivity contribution in [1.29, 1.82) is 0 Å². The van der Waals surface area contributed by atoms with Gasteiger partial charge in [0.2, 0.25) is 0 Å². The van der Waals surface area contributed by atoms with Gasteiger partial charge >= 0.3 is 6.18 Å². The molecule has 5 rings (SSSR count). The average molecular weight is 535 g/mol. The number of aromatic nitrogens is 2. The number of nitrogens with one attached hydrogen (secondary N) is 1. The van der Waals surface area contributed by atoms with Crippen molar-refractivity contribution in [2.24, 2.45) is 0 Å². The van der Waals surface area contributed by atoms with Crippen LogP contribution >= 0.6 is 11.3 Å². The molecule has 0 bridgehead atoms. The predicted molar refractivity (Wildman–Crippen MR) is 142 cm³/mol. The molecule has 10 heteroatoms. The Balaban J connectivity index is 0.00000102. The quantitative estimate of drug-likeness (QED) is 0.382. The van der Waals surface area contributed by atoms with E-state index in [0.717, 1.165) is 39.8 Å². The number of thiazole rings is 1. The minimum absolute atomic E-state index is 0.282. The number of rotatable bonds is 4. The number of morpholine rings is 1. The van der Waals surface area contributed by atoms with Crippen molar-refractivity contribution in [3.63, 3.8) is 0 Å². The maximum atomic E-state index is 13.1. The van der Waals surface area contributed by atoms with Crippen LogP contribution in [0.5, 0.6) is 0 Å². The van der Waals surface area contributed by atoms with Crippen molar-refractivity contribution in [1.82, 2.24) is 9.97 Å². The van der Waals surface area contributed by atoms with Gasteiger partial charge in [0.1, 0.15) is 11.4 Å². The van der Waals surface area contributed by atoms with Crippen LogP contribution in [0, 0.1) is 0 Å². The first-order chi connectivity index (χ1) is 17.8. The Morgan fingerprint density at radius 2 is 1.81 bits per heavy atom. The summed E-state index contributed by atoms with van der Waals surface area (Å²) in [6, 6.07) is 7.18. The number of hydrogen-bond donors (Lipinski definition) is 1. The second-order valence-electron chi connectivity index (χ2n) is 9.39. The molecule has 0 unspecified atom stereocenters. The molecule has 6 nitrogen and oxygen atoms in total. The fourth-order valence-electron chi connectivity index (χ4n) is 4.58. The highest BCUT2D eigenvalue weighted by Gasteiger charge is 2.33. The molecule has 2 aliphatic rings. The highest BCUT2D eigenvalue weighted by molar-refractivity contribution is 7.18. The van der Waals surface area contributed by atoms with Crippen molar-refractivity contribution >= 4 is 38.8 Å². The van der Waals surface area contributed by atoms with E-state index in [1.807, 2.05) is 12.1 Å². The summed E-state index contributed by atoms with van der Waals surface area (Å²) in [5.41, 5.74) is 0.829. The van der Waals surface area contributed by atoms with E-state index >= 15 is 0 Å². The number of carbonyl (C=O) groups is 1. The molecule has 2 fully saturated rings. The van der Waals surface area contributed by atoms with E-state index in [4.69, 9.17) is 9.72 Å². The maximum Gasteiger partial charge on any atom is 0.433 e. The molecule has 3 heterocycles. The molecular weight excluding hydrogens is 501 g/mol. The zero-order valence-electron chi connectivity index (χ0n) is 21.2. The highest BCUT2D eigenvalue weighted by Crippen LogP contribution is 2.40. The lowest BCUT2D eigenvalue weighted by Crippen LogP contribution is -2.36. The van der Waals surface area contributed by atoms with Crippen LogP contribution < -0.4 is 10.2 Å². The van der Waals surface area contributed by atoms with Gasteiger partial charge in [0.25, 0.3) is 5.91 Å². The monoisotopic (exact) mass is 534 g/mol. The Bertz CT molecular complexity index is 1200. The summed E-state index contributed by atoms with van der Waals surface area (Å²) in [5, 5.41) is 3.93. The summed E-state index contributed by atoms with van der Waals surface area (Å²) in [5.74, 6) is -0.220. The van der Waals surface area contributed by atoms with E-state index in [0.29, 0.717) is 37.9 Å². The molecule has 1 aliphatic carbocycles. The van der Waals surface area contributed by atoms with Crippen LogP contribution in [0.3, 0.4) is 0 Å². The van der Waals surface area contributed by atoms with Gasteiger partial charge in [-0.25, -0.2) is 9.97 Å². The zero-order chi connectivity index (χ0) is 26.4. The minimum Gasteiger partial charge on any atom is -0.378 e. The third-order valence-electron chi connectivity index (χ3n) is 6.35. The second kappa shape index (κ2) is 12.2. The second-order valence-corrected chi connectivity index (χ2v) is 10.5. The molecule has 0 spiro atoms. The Hall–Kier alpha value is -2.72. The van der Waals surface area contributed by atoms with Gasteiger partial charge in [-0.05, 0) is 37.1 Å². The third kappa shape index (κ3) is 6.78. The van der Waals surface area contributed by atoms with Crippen molar-refractivity contribution in [2.75, 3.05) is 36.5 Å². The average Bonchev–Trinajstić information content (AvgIpc) is 3.32. The number of amides is 1. The fourth-order valence-corrected chi connectivity index (χ4v) is 5.73. The number of carbonyl (C=O) groups excluding carboxylic acids is 1. The van der Waals surface area contributed by atoms with Crippen LogP contribution in [0.2, 0.25) is 0 Å². The van der Waals surface area contributed by atoms with E-state index < -0.39 is 17.8 Å². The summed E-state index contributed by atoms with van der Waals surface area (Å²) < 4.78 is 45.6. The lowest BCUT2D eigenvalue weighted by molar-refractivity contribution is -0.141. The Morgan fingerprint density at radius 1 is 1.11 bits per heavy atom. The van der Waals surface area contributed by atoms with E-state index in [9.17, 15) is 18.0 Å². The summed E-state index contributed by atoms with van der Waals surface area (Å²) in [7, 11) is 0.